The molecule has 2 saturated heterocycles. The van der Waals surface area contributed by atoms with E-state index in [9.17, 15) is 0 Å². The van der Waals surface area contributed by atoms with Crippen LogP contribution in [0.1, 0.15) is 32.1 Å². The lowest BCUT2D eigenvalue weighted by atomic mass is 10.1. The van der Waals surface area contributed by atoms with Gasteiger partial charge in [-0.1, -0.05) is 6.08 Å². The van der Waals surface area contributed by atoms with Crippen LogP contribution < -0.4 is 10.6 Å². The summed E-state index contributed by atoms with van der Waals surface area (Å²) in [5.74, 6) is 0. The van der Waals surface area contributed by atoms with Crippen LogP contribution in [0.4, 0.5) is 0 Å². The van der Waals surface area contributed by atoms with Gasteiger partial charge in [-0.05, 0) is 38.3 Å². The highest BCUT2D eigenvalue weighted by molar-refractivity contribution is 4.96. The van der Waals surface area contributed by atoms with Crippen LogP contribution in [0, 0.1) is 0 Å². The number of nitrogens with one attached hydrogen (secondary N) is 2. The lowest BCUT2D eigenvalue weighted by molar-refractivity contribution is 0.369. The minimum Gasteiger partial charge on any atom is -0.391 e. The van der Waals surface area contributed by atoms with E-state index in [-0.39, 0.29) is 0 Å². The molecule has 3 aliphatic heterocycles. The van der Waals surface area contributed by atoms with Gasteiger partial charge in [0.05, 0.1) is 0 Å². The van der Waals surface area contributed by atoms with Crippen molar-refractivity contribution >= 4 is 0 Å². The summed E-state index contributed by atoms with van der Waals surface area (Å²) < 4.78 is 0. The molecule has 4 rings (SSSR count). The third-order valence-electron chi connectivity index (χ3n) is 2.83. The minimum absolute atomic E-state index is 0.940. The zero-order valence-corrected chi connectivity index (χ0v) is 7.55. The summed E-state index contributed by atoms with van der Waals surface area (Å²) in [6, 6.07) is 1.88. The van der Waals surface area contributed by atoms with Crippen LogP contribution in [0.2, 0.25) is 0 Å². The highest BCUT2D eigenvalue weighted by Crippen LogP contribution is 2.28. The Kier molecular flexibility index (Phi) is 2.67. The van der Waals surface area contributed by atoms with Crippen molar-refractivity contribution in [3.8, 4) is 0 Å². The molecule has 3 heterocycles. The van der Waals surface area contributed by atoms with Crippen molar-refractivity contribution in [2.75, 3.05) is 6.54 Å². The van der Waals surface area contributed by atoms with Gasteiger partial charge in [0.15, 0.2) is 0 Å². The van der Waals surface area contributed by atoms with E-state index in [2.05, 4.69) is 16.7 Å². The summed E-state index contributed by atoms with van der Waals surface area (Å²) in [6.45, 7) is 1.16. The number of hydrogen-bond acceptors (Lipinski definition) is 2. The van der Waals surface area contributed by atoms with Crippen molar-refractivity contribution < 1.29 is 0 Å². The number of hydrogen-bond donors (Lipinski definition) is 2. The second-order valence-corrected chi connectivity index (χ2v) is 3.87. The Bertz CT molecular complexity index is 138. The van der Waals surface area contributed by atoms with Crippen molar-refractivity contribution in [2.24, 2.45) is 0 Å². The van der Waals surface area contributed by atoms with E-state index in [1.807, 2.05) is 6.20 Å². The first kappa shape index (κ1) is 8.11. The predicted octanol–water partition coefficient (Wildman–Crippen LogP) is 1.39. The molecule has 2 unspecified atom stereocenters. The largest absolute Gasteiger partial charge is 0.391 e. The van der Waals surface area contributed by atoms with Gasteiger partial charge in [0, 0.05) is 18.6 Å². The first-order chi connectivity index (χ1) is 5.95. The fourth-order valence-electron chi connectivity index (χ4n) is 2.03. The maximum atomic E-state index is 3.42. The molecule has 0 aromatic heterocycles. The van der Waals surface area contributed by atoms with Gasteiger partial charge in [-0.15, -0.1) is 0 Å². The minimum atomic E-state index is 0.940. The third-order valence-corrected chi connectivity index (χ3v) is 2.83. The quantitative estimate of drug-likeness (QED) is 0.568. The smallest absolute Gasteiger partial charge is 0.0144 e. The van der Waals surface area contributed by atoms with E-state index in [0.717, 1.165) is 18.6 Å². The average Bonchev–Trinajstić information content (AvgIpc) is 2.69. The summed E-state index contributed by atoms with van der Waals surface area (Å²) in [5, 5.41) is 6.52. The monoisotopic (exact) mass is 166 g/mol. The van der Waals surface area contributed by atoms with Crippen LogP contribution in [-0.2, 0) is 0 Å². The van der Waals surface area contributed by atoms with Crippen molar-refractivity contribution in [1.29, 1.82) is 0 Å². The van der Waals surface area contributed by atoms with E-state index in [0.29, 0.717) is 0 Å². The number of allylic oxidation sites excluding steroid dienone is 1. The molecule has 1 aliphatic carbocycles. The first-order valence-electron chi connectivity index (χ1n) is 5.09. The molecule has 68 valence electrons. The van der Waals surface area contributed by atoms with Crippen molar-refractivity contribution in [3.05, 3.63) is 12.3 Å². The highest BCUT2D eigenvalue weighted by Gasteiger charge is 2.34. The molecule has 0 aromatic carbocycles. The van der Waals surface area contributed by atoms with Gasteiger partial charge in [0.2, 0.25) is 0 Å². The molecular weight excluding hydrogens is 148 g/mol. The second-order valence-electron chi connectivity index (χ2n) is 3.87. The second kappa shape index (κ2) is 3.94. The Labute approximate surface area is 74.4 Å². The van der Waals surface area contributed by atoms with Crippen LogP contribution in [0.5, 0.6) is 0 Å². The van der Waals surface area contributed by atoms with Gasteiger partial charge in [0.25, 0.3) is 0 Å². The predicted molar refractivity (Wildman–Crippen MR) is 50.9 cm³/mol. The first-order valence-corrected chi connectivity index (χ1v) is 5.09. The molecule has 2 N–H and O–H groups in total. The Morgan fingerprint density at radius 3 is 2.08 bits per heavy atom. The maximum Gasteiger partial charge on any atom is 0.0144 e. The fraction of sp³-hybridized carbons (Fsp3) is 0.800. The molecule has 2 heteroatoms. The number of fused-ring (bicyclic) bond motifs is 1. The molecule has 12 heavy (non-hydrogen) atoms. The fourth-order valence-corrected chi connectivity index (χ4v) is 2.03. The molecule has 0 spiro atoms. The van der Waals surface area contributed by atoms with Crippen LogP contribution in [0.25, 0.3) is 0 Å². The molecule has 0 radical (unpaired) electrons. The van der Waals surface area contributed by atoms with Crippen LogP contribution in [-0.4, -0.2) is 18.6 Å². The summed E-state index contributed by atoms with van der Waals surface area (Å²) in [5.41, 5.74) is 0. The van der Waals surface area contributed by atoms with Crippen LogP contribution in [0.3, 0.4) is 0 Å². The molecule has 0 amide bonds. The molecule has 3 fully saturated rings. The summed E-state index contributed by atoms with van der Waals surface area (Å²) in [7, 11) is 0. The van der Waals surface area contributed by atoms with Gasteiger partial charge in [-0.2, -0.15) is 0 Å². The van der Waals surface area contributed by atoms with Crippen molar-refractivity contribution in [1.82, 2.24) is 10.6 Å². The van der Waals surface area contributed by atoms with Crippen molar-refractivity contribution in [2.45, 2.75) is 44.2 Å². The lowest BCUT2D eigenvalue weighted by Gasteiger charge is -2.24. The van der Waals surface area contributed by atoms with Crippen molar-refractivity contribution in [3.63, 3.8) is 0 Å². The van der Waals surface area contributed by atoms with E-state index in [1.165, 1.54) is 32.1 Å². The summed E-state index contributed by atoms with van der Waals surface area (Å²) in [4.78, 5) is 0. The molecule has 2 nitrogen and oxygen atoms in total. The normalized spacial score (nSPS) is 36.0. The Morgan fingerprint density at radius 1 is 1.17 bits per heavy atom. The lowest BCUT2D eigenvalue weighted by Crippen LogP contribution is -2.43. The SMILES string of the molecule is C1=CNCCC1.C1CC2CC1N2. The van der Waals surface area contributed by atoms with E-state index in [4.69, 9.17) is 0 Å². The van der Waals surface area contributed by atoms with E-state index < -0.39 is 0 Å². The topological polar surface area (TPSA) is 24.1 Å². The summed E-state index contributed by atoms with van der Waals surface area (Å²) >= 11 is 0. The Balaban J connectivity index is 0.0000000939. The molecule has 2 bridgehead atoms. The zero-order chi connectivity index (χ0) is 8.23. The van der Waals surface area contributed by atoms with Gasteiger partial charge >= 0.3 is 0 Å². The van der Waals surface area contributed by atoms with Gasteiger partial charge in [-0.3, -0.25) is 0 Å². The third kappa shape index (κ3) is 2.01. The Hall–Kier alpha value is -0.500. The molecule has 2 atom stereocenters. The van der Waals surface area contributed by atoms with Gasteiger partial charge in [-0.25, -0.2) is 0 Å². The van der Waals surface area contributed by atoms with Crippen LogP contribution in [0.15, 0.2) is 12.3 Å². The maximum absolute atomic E-state index is 3.42. The number of rotatable bonds is 0. The molecular formula is C10H18N2. The van der Waals surface area contributed by atoms with Gasteiger partial charge < -0.3 is 10.6 Å². The molecule has 4 aliphatic rings. The Morgan fingerprint density at radius 2 is 1.92 bits per heavy atom. The molecule has 1 saturated carbocycles. The van der Waals surface area contributed by atoms with E-state index in [1.54, 1.807) is 0 Å². The van der Waals surface area contributed by atoms with E-state index >= 15 is 0 Å². The standard InChI is InChI=1S/2C5H9N/c1-2-5-3-4(1)6-5;1-2-4-6-5-3-1/h4-6H,1-3H2;2,4,6H,1,3,5H2. The van der Waals surface area contributed by atoms with Gasteiger partial charge in [0.1, 0.15) is 0 Å². The highest BCUT2D eigenvalue weighted by atomic mass is 15.1. The summed E-state index contributed by atoms with van der Waals surface area (Å²) in [6.07, 6.45) is 11.1. The zero-order valence-electron chi connectivity index (χ0n) is 7.55. The molecule has 0 aromatic rings. The average molecular weight is 166 g/mol. The van der Waals surface area contributed by atoms with Crippen LogP contribution >= 0.6 is 0 Å².